The van der Waals surface area contributed by atoms with Crippen molar-refractivity contribution < 1.29 is 14.3 Å². The minimum absolute atomic E-state index is 0.103. The van der Waals surface area contributed by atoms with Crippen LogP contribution in [0.3, 0.4) is 0 Å². The van der Waals surface area contributed by atoms with Crippen molar-refractivity contribution >= 4 is 5.91 Å². The van der Waals surface area contributed by atoms with Crippen LogP contribution in [-0.2, 0) is 16.1 Å². The molecule has 0 bridgehead atoms. The zero-order chi connectivity index (χ0) is 21.1. The number of benzene rings is 1. The molecular weight excluding hydrogens is 382 g/mol. The Morgan fingerprint density at radius 2 is 2.17 bits per heavy atom. The molecule has 0 saturated carbocycles. The Balaban J connectivity index is 1.60. The van der Waals surface area contributed by atoms with Crippen LogP contribution in [0.25, 0.3) is 5.69 Å². The number of amides is 1. The highest BCUT2D eigenvalue weighted by molar-refractivity contribution is 5.77. The van der Waals surface area contributed by atoms with Crippen molar-refractivity contribution in [2.75, 3.05) is 26.9 Å². The highest BCUT2D eigenvalue weighted by Crippen LogP contribution is 2.31. The van der Waals surface area contributed by atoms with E-state index in [1.165, 1.54) is 0 Å². The molecule has 30 heavy (non-hydrogen) atoms. The molecule has 0 aliphatic carbocycles. The molecule has 1 fully saturated rings. The van der Waals surface area contributed by atoms with E-state index in [2.05, 4.69) is 5.10 Å². The third-order valence-electron chi connectivity index (χ3n) is 5.54. The second kappa shape index (κ2) is 8.71. The van der Waals surface area contributed by atoms with Crippen molar-refractivity contribution in [2.45, 2.75) is 32.9 Å². The molecule has 0 spiro atoms. The maximum atomic E-state index is 13.0. The monoisotopic (exact) mass is 409 g/mol. The quantitative estimate of drug-likeness (QED) is 0.626. The van der Waals surface area contributed by atoms with Crippen molar-refractivity contribution in [3.05, 3.63) is 59.7 Å². The zero-order valence-corrected chi connectivity index (χ0v) is 17.6. The van der Waals surface area contributed by atoms with Crippen LogP contribution in [0.5, 0.6) is 5.75 Å². The molecular formula is C22H27N5O3. The smallest absolute Gasteiger partial charge is 0.225 e. The van der Waals surface area contributed by atoms with Gasteiger partial charge in [-0.25, -0.2) is 4.68 Å². The molecule has 8 heteroatoms. The largest absolute Gasteiger partial charge is 0.497 e. The van der Waals surface area contributed by atoms with Crippen LogP contribution < -0.4 is 4.74 Å². The van der Waals surface area contributed by atoms with Gasteiger partial charge < -0.3 is 14.4 Å². The number of methoxy groups -OCH3 is 1. The summed E-state index contributed by atoms with van der Waals surface area (Å²) in [5.74, 6) is 0.879. The van der Waals surface area contributed by atoms with E-state index in [-0.39, 0.29) is 11.9 Å². The molecule has 4 rings (SSSR count). The van der Waals surface area contributed by atoms with Gasteiger partial charge in [-0.2, -0.15) is 10.2 Å². The standard InChI is InChI=1S/C22H27N5O3/c1-16-22(17(2)27(24-16)18-6-4-7-19(14-18)29-3)20-15-30-13-12-26(20)21(28)8-11-25-10-5-9-23-25/h4-7,9-10,14,20H,8,11-13,15H2,1-3H3. The Hall–Kier alpha value is -3.13. The lowest BCUT2D eigenvalue weighted by atomic mass is 10.0. The lowest BCUT2D eigenvalue weighted by Crippen LogP contribution is -2.44. The second-order valence-electron chi connectivity index (χ2n) is 7.39. The predicted molar refractivity (Wildman–Crippen MR) is 112 cm³/mol. The highest BCUT2D eigenvalue weighted by Gasteiger charge is 2.32. The molecule has 1 saturated heterocycles. The molecule has 2 aromatic heterocycles. The van der Waals surface area contributed by atoms with Crippen LogP contribution in [0.1, 0.15) is 29.4 Å². The number of aryl methyl sites for hydroxylation is 2. The normalized spacial score (nSPS) is 16.6. The Labute approximate surface area is 176 Å². The third kappa shape index (κ3) is 3.95. The molecule has 1 aliphatic heterocycles. The molecule has 3 heterocycles. The van der Waals surface area contributed by atoms with Gasteiger partial charge in [0, 0.05) is 49.2 Å². The topological polar surface area (TPSA) is 74.4 Å². The first kappa shape index (κ1) is 20.2. The van der Waals surface area contributed by atoms with E-state index < -0.39 is 0 Å². The molecule has 1 aromatic carbocycles. The summed E-state index contributed by atoms with van der Waals surface area (Å²) >= 11 is 0. The van der Waals surface area contributed by atoms with Gasteiger partial charge in [-0.05, 0) is 32.0 Å². The van der Waals surface area contributed by atoms with E-state index in [4.69, 9.17) is 14.6 Å². The van der Waals surface area contributed by atoms with Gasteiger partial charge in [-0.15, -0.1) is 0 Å². The number of aromatic nitrogens is 4. The maximum absolute atomic E-state index is 13.0. The molecule has 0 N–H and O–H groups in total. The van der Waals surface area contributed by atoms with Crippen LogP contribution in [0.2, 0.25) is 0 Å². The maximum Gasteiger partial charge on any atom is 0.225 e. The average Bonchev–Trinajstić information content (AvgIpc) is 3.39. The molecule has 8 nitrogen and oxygen atoms in total. The number of morpholine rings is 1. The van der Waals surface area contributed by atoms with Crippen molar-refractivity contribution in [3.63, 3.8) is 0 Å². The van der Waals surface area contributed by atoms with Crippen LogP contribution in [-0.4, -0.2) is 57.2 Å². The van der Waals surface area contributed by atoms with E-state index in [0.29, 0.717) is 32.7 Å². The summed E-state index contributed by atoms with van der Waals surface area (Å²) in [5.41, 5.74) is 3.87. The van der Waals surface area contributed by atoms with Crippen molar-refractivity contribution in [3.8, 4) is 11.4 Å². The first-order chi connectivity index (χ1) is 14.6. The lowest BCUT2D eigenvalue weighted by molar-refractivity contribution is -0.140. The second-order valence-corrected chi connectivity index (χ2v) is 7.39. The van der Waals surface area contributed by atoms with E-state index in [1.807, 2.05) is 60.0 Å². The summed E-state index contributed by atoms with van der Waals surface area (Å²) in [5, 5.41) is 8.95. The fourth-order valence-electron chi connectivity index (χ4n) is 4.06. The molecule has 1 atom stereocenters. The van der Waals surface area contributed by atoms with Gasteiger partial charge in [-0.3, -0.25) is 9.48 Å². The predicted octanol–water partition coefficient (Wildman–Crippen LogP) is 2.68. The number of carbonyl (C=O) groups is 1. The molecule has 1 amide bonds. The fourth-order valence-corrected chi connectivity index (χ4v) is 4.06. The van der Waals surface area contributed by atoms with Crippen molar-refractivity contribution in [1.29, 1.82) is 0 Å². The van der Waals surface area contributed by atoms with Gasteiger partial charge in [0.2, 0.25) is 5.91 Å². The third-order valence-corrected chi connectivity index (χ3v) is 5.54. The summed E-state index contributed by atoms with van der Waals surface area (Å²) < 4.78 is 14.8. The summed E-state index contributed by atoms with van der Waals surface area (Å²) in [4.78, 5) is 15.0. The van der Waals surface area contributed by atoms with Gasteiger partial charge >= 0.3 is 0 Å². The average molecular weight is 409 g/mol. The first-order valence-corrected chi connectivity index (χ1v) is 10.1. The first-order valence-electron chi connectivity index (χ1n) is 10.1. The number of rotatable bonds is 6. The van der Waals surface area contributed by atoms with Crippen molar-refractivity contribution in [1.82, 2.24) is 24.5 Å². The van der Waals surface area contributed by atoms with Gasteiger partial charge in [-0.1, -0.05) is 6.07 Å². The van der Waals surface area contributed by atoms with Gasteiger partial charge in [0.1, 0.15) is 5.75 Å². The number of hydrogen-bond acceptors (Lipinski definition) is 5. The van der Waals surface area contributed by atoms with E-state index in [9.17, 15) is 4.79 Å². The van der Waals surface area contributed by atoms with E-state index in [0.717, 1.165) is 28.4 Å². The van der Waals surface area contributed by atoms with Crippen LogP contribution >= 0.6 is 0 Å². The molecule has 1 unspecified atom stereocenters. The number of nitrogens with zero attached hydrogens (tertiary/aromatic N) is 5. The number of carbonyl (C=O) groups excluding carboxylic acids is 1. The number of hydrogen-bond donors (Lipinski definition) is 0. The Morgan fingerprint density at radius 3 is 2.93 bits per heavy atom. The molecule has 3 aromatic rings. The Morgan fingerprint density at radius 1 is 1.30 bits per heavy atom. The molecule has 1 aliphatic rings. The lowest BCUT2D eigenvalue weighted by Gasteiger charge is -2.36. The Bertz CT molecular complexity index is 1010. The SMILES string of the molecule is COc1cccc(-n2nc(C)c(C3COCCN3C(=O)CCn3cccn3)c2C)c1. The van der Waals surface area contributed by atoms with Gasteiger partial charge in [0.05, 0.1) is 37.7 Å². The summed E-state index contributed by atoms with van der Waals surface area (Å²) in [7, 11) is 1.65. The molecule has 0 radical (unpaired) electrons. The van der Waals surface area contributed by atoms with E-state index >= 15 is 0 Å². The van der Waals surface area contributed by atoms with Crippen LogP contribution in [0.15, 0.2) is 42.7 Å². The Kier molecular flexibility index (Phi) is 5.85. The van der Waals surface area contributed by atoms with Gasteiger partial charge in [0.25, 0.3) is 0 Å². The van der Waals surface area contributed by atoms with Crippen LogP contribution in [0, 0.1) is 13.8 Å². The van der Waals surface area contributed by atoms with E-state index in [1.54, 1.807) is 18.0 Å². The van der Waals surface area contributed by atoms with Crippen molar-refractivity contribution in [2.24, 2.45) is 0 Å². The summed E-state index contributed by atoms with van der Waals surface area (Å²) in [6, 6.07) is 9.51. The van der Waals surface area contributed by atoms with Crippen LogP contribution in [0.4, 0.5) is 0 Å². The van der Waals surface area contributed by atoms with Gasteiger partial charge in [0.15, 0.2) is 0 Å². The summed E-state index contributed by atoms with van der Waals surface area (Å²) in [6.45, 7) is 6.18. The summed E-state index contributed by atoms with van der Waals surface area (Å²) in [6.07, 6.45) is 4.00. The molecule has 158 valence electrons. The minimum atomic E-state index is -0.150. The fraction of sp³-hybridized carbons (Fsp3) is 0.409. The minimum Gasteiger partial charge on any atom is -0.497 e. The zero-order valence-electron chi connectivity index (χ0n) is 17.6. The number of ether oxygens (including phenoxy) is 2. The highest BCUT2D eigenvalue weighted by atomic mass is 16.5.